The number of rotatable bonds is 9. The monoisotopic (exact) mass is 495 g/mol. The highest BCUT2D eigenvalue weighted by Crippen LogP contribution is 2.33. The molecule has 3 aromatic rings. The summed E-state index contributed by atoms with van der Waals surface area (Å²) in [6.45, 7) is 5.56. The Bertz CT molecular complexity index is 1350. The van der Waals surface area contributed by atoms with Gasteiger partial charge in [-0.05, 0) is 65.8 Å². The summed E-state index contributed by atoms with van der Waals surface area (Å²) in [6.07, 6.45) is 4.52. The number of carboxylic acid groups (broad SMARTS) is 1. The highest BCUT2D eigenvalue weighted by Gasteiger charge is 2.21. The van der Waals surface area contributed by atoms with Crippen LogP contribution >= 0.6 is 0 Å². The highest BCUT2D eigenvalue weighted by atomic mass is 16.4. The van der Waals surface area contributed by atoms with Gasteiger partial charge in [-0.3, -0.25) is 4.79 Å². The number of aromatic carboxylic acids is 1. The van der Waals surface area contributed by atoms with Gasteiger partial charge in [-0.2, -0.15) is 0 Å². The molecule has 0 saturated heterocycles. The second kappa shape index (κ2) is 11.7. The first-order valence-corrected chi connectivity index (χ1v) is 12.8. The van der Waals surface area contributed by atoms with E-state index in [1.54, 1.807) is 6.07 Å². The molecule has 0 atom stereocenters. The Morgan fingerprint density at radius 1 is 0.946 bits per heavy atom. The number of hydrogen-bond donors (Lipinski definition) is 2. The van der Waals surface area contributed by atoms with Gasteiger partial charge in [0, 0.05) is 30.6 Å². The van der Waals surface area contributed by atoms with Crippen LogP contribution in [-0.4, -0.2) is 40.8 Å². The van der Waals surface area contributed by atoms with Crippen molar-refractivity contribution in [3.8, 4) is 11.1 Å². The maximum absolute atomic E-state index is 13.2. The minimum absolute atomic E-state index is 0.00795. The first-order valence-electron chi connectivity index (χ1n) is 12.8. The van der Waals surface area contributed by atoms with Crippen molar-refractivity contribution in [2.75, 3.05) is 13.1 Å². The number of aliphatic imine (C=N–C) groups is 1. The van der Waals surface area contributed by atoms with E-state index in [1.165, 1.54) is 0 Å². The van der Waals surface area contributed by atoms with Gasteiger partial charge in [0.15, 0.2) is 0 Å². The second-order valence-corrected chi connectivity index (χ2v) is 9.35. The molecule has 190 valence electrons. The molecule has 6 nitrogen and oxygen atoms in total. The van der Waals surface area contributed by atoms with Gasteiger partial charge >= 0.3 is 5.97 Å². The highest BCUT2D eigenvalue weighted by molar-refractivity contribution is 6.05. The van der Waals surface area contributed by atoms with Crippen LogP contribution in [0.3, 0.4) is 0 Å². The van der Waals surface area contributed by atoms with Crippen molar-refractivity contribution in [2.24, 2.45) is 10.7 Å². The van der Waals surface area contributed by atoms with Gasteiger partial charge in [0.1, 0.15) is 5.84 Å². The number of nitrogens with two attached hydrogens (primary N) is 1. The fourth-order valence-corrected chi connectivity index (χ4v) is 4.71. The third-order valence-corrected chi connectivity index (χ3v) is 6.45. The van der Waals surface area contributed by atoms with E-state index in [2.05, 4.69) is 18.8 Å². The Morgan fingerprint density at radius 3 is 2.30 bits per heavy atom. The van der Waals surface area contributed by atoms with E-state index in [0.717, 1.165) is 40.7 Å². The Balaban J connectivity index is 1.70. The summed E-state index contributed by atoms with van der Waals surface area (Å²) in [5.41, 5.74) is 12.3. The second-order valence-electron chi connectivity index (χ2n) is 9.35. The molecule has 1 aliphatic heterocycles. The lowest BCUT2D eigenvalue weighted by Crippen LogP contribution is -2.34. The van der Waals surface area contributed by atoms with Crippen LogP contribution in [0.5, 0.6) is 0 Å². The zero-order valence-electron chi connectivity index (χ0n) is 21.4. The number of benzene rings is 3. The first kappa shape index (κ1) is 25.9. The zero-order chi connectivity index (χ0) is 26.4. The van der Waals surface area contributed by atoms with E-state index in [0.29, 0.717) is 48.6 Å². The number of amidine groups is 1. The van der Waals surface area contributed by atoms with Gasteiger partial charge in [0.25, 0.3) is 0 Å². The Morgan fingerprint density at radius 2 is 1.62 bits per heavy atom. The SMILES string of the molecule is CCCN(CCC)C(=O)C1=Cc2ccc(-c3ccc(C(=O)O)c(Cc4ccccc4)c3)cc2N=C(N)C1. The summed E-state index contributed by atoms with van der Waals surface area (Å²) in [6, 6.07) is 21.1. The van der Waals surface area contributed by atoms with Gasteiger partial charge < -0.3 is 15.7 Å². The van der Waals surface area contributed by atoms with Crippen molar-refractivity contribution in [1.29, 1.82) is 0 Å². The summed E-state index contributed by atoms with van der Waals surface area (Å²) < 4.78 is 0. The van der Waals surface area contributed by atoms with Crippen LogP contribution in [0.2, 0.25) is 0 Å². The molecule has 0 saturated carbocycles. The molecule has 0 radical (unpaired) electrons. The average Bonchev–Trinajstić information content (AvgIpc) is 3.06. The van der Waals surface area contributed by atoms with Crippen molar-refractivity contribution in [3.05, 3.63) is 94.6 Å². The lowest BCUT2D eigenvalue weighted by Gasteiger charge is -2.22. The van der Waals surface area contributed by atoms with E-state index >= 15 is 0 Å². The fourth-order valence-electron chi connectivity index (χ4n) is 4.71. The largest absolute Gasteiger partial charge is 0.478 e. The van der Waals surface area contributed by atoms with Crippen molar-refractivity contribution < 1.29 is 14.7 Å². The Labute approximate surface area is 218 Å². The number of nitrogens with zero attached hydrogens (tertiary/aromatic N) is 2. The molecule has 1 aliphatic rings. The smallest absolute Gasteiger partial charge is 0.335 e. The lowest BCUT2D eigenvalue weighted by molar-refractivity contribution is -0.127. The summed E-state index contributed by atoms with van der Waals surface area (Å²) >= 11 is 0. The molecule has 1 heterocycles. The van der Waals surface area contributed by atoms with Crippen LogP contribution in [0, 0.1) is 0 Å². The molecule has 4 rings (SSSR count). The Kier molecular flexibility index (Phi) is 8.18. The molecular weight excluding hydrogens is 462 g/mol. The standard InChI is InChI=1S/C31H33N3O3/c1-3-14-34(15-4-2)30(35)26-18-24-11-10-23(19-28(24)33-29(32)20-26)22-12-13-27(31(36)37)25(17-22)16-21-8-6-5-7-9-21/h5-13,17-19H,3-4,14-16,20H2,1-2H3,(H2,32,33)(H,36,37). The molecule has 37 heavy (non-hydrogen) atoms. The third-order valence-electron chi connectivity index (χ3n) is 6.45. The van der Waals surface area contributed by atoms with Crippen molar-refractivity contribution in [3.63, 3.8) is 0 Å². The minimum Gasteiger partial charge on any atom is -0.478 e. The van der Waals surface area contributed by atoms with E-state index in [9.17, 15) is 14.7 Å². The van der Waals surface area contributed by atoms with Crippen molar-refractivity contribution in [2.45, 2.75) is 39.5 Å². The molecule has 0 bridgehead atoms. The van der Waals surface area contributed by atoms with Crippen molar-refractivity contribution in [1.82, 2.24) is 4.90 Å². The van der Waals surface area contributed by atoms with Gasteiger partial charge in [-0.15, -0.1) is 0 Å². The predicted octanol–water partition coefficient (Wildman–Crippen LogP) is 6.07. The topological polar surface area (TPSA) is 96.0 Å². The van der Waals surface area contributed by atoms with Crippen molar-refractivity contribution >= 4 is 29.5 Å². The quantitative estimate of drug-likeness (QED) is 0.377. The number of carbonyl (C=O) groups is 2. The number of amides is 1. The van der Waals surface area contributed by atoms with E-state index in [4.69, 9.17) is 5.73 Å². The number of carbonyl (C=O) groups excluding carboxylic acids is 1. The maximum atomic E-state index is 13.2. The molecule has 3 aromatic carbocycles. The van der Waals surface area contributed by atoms with Gasteiger partial charge in [0.05, 0.1) is 11.3 Å². The molecule has 1 amide bonds. The van der Waals surface area contributed by atoms with E-state index in [1.807, 2.05) is 71.6 Å². The summed E-state index contributed by atoms with van der Waals surface area (Å²) in [7, 11) is 0. The minimum atomic E-state index is -0.945. The average molecular weight is 496 g/mol. The van der Waals surface area contributed by atoms with Crippen LogP contribution < -0.4 is 5.73 Å². The summed E-state index contributed by atoms with van der Waals surface area (Å²) in [5, 5.41) is 9.73. The normalized spacial score (nSPS) is 12.7. The van der Waals surface area contributed by atoms with E-state index < -0.39 is 5.97 Å². The molecule has 0 fully saturated rings. The molecule has 0 spiro atoms. The van der Waals surface area contributed by atoms with Crippen LogP contribution in [0.1, 0.15) is 60.2 Å². The molecule has 6 heteroatoms. The third kappa shape index (κ3) is 6.15. The van der Waals surface area contributed by atoms with Crippen LogP contribution in [0.15, 0.2) is 77.3 Å². The molecular formula is C31H33N3O3. The number of hydrogen-bond acceptors (Lipinski definition) is 4. The lowest BCUT2D eigenvalue weighted by atomic mass is 9.94. The molecule has 0 aliphatic carbocycles. The molecule has 0 aromatic heterocycles. The molecule has 0 unspecified atom stereocenters. The summed E-state index contributed by atoms with van der Waals surface area (Å²) in [4.78, 5) is 31.6. The van der Waals surface area contributed by atoms with Gasteiger partial charge in [-0.1, -0.05) is 62.4 Å². The predicted molar refractivity (Wildman–Crippen MR) is 149 cm³/mol. The number of fused-ring (bicyclic) bond motifs is 1. The zero-order valence-corrected chi connectivity index (χ0v) is 21.4. The van der Waals surface area contributed by atoms with Crippen LogP contribution in [0.25, 0.3) is 17.2 Å². The van der Waals surface area contributed by atoms with Gasteiger partial charge in [-0.25, -0.2) is 9.79 Å². The summed E-state index contributed by atoms with van der Waals surface area (Å²) in [5.74, 6) is -0.540. The van der Waals surface area contributed by atoms with Crippen LogP contribution in [0.4, 0.5) is 5.69 Å². The Hall–Kier alpha value is -4.19. The van der Waals surface area contributed by atoms with Gasteiger partial charge in [0.2, 0.25) is 5.91 Å². The van der Waals surface area contributed by atoms with Crippen LogP contribution in [-0.2, 0) is 11.2 Å². The maximum Gasteiger partial charge on any atom is 0.335 e. The first-order chi connectivity index (χ1) is 17.9. The van der Waals surface area contributed by atoms with E-state index in [-0.39, 0.29) is 5.91 Å². The fraction of sp³-hybridized carbons (Fsp3) is 0.258. The molecule has 3 N–H and O–H groups in total. The number of carboxylic acids is 1.